The lowest BCUT2D eigenvalue weighted by molar-refractivity contribution is -0.301. The molecule has 0 aromatic rings. The molecule has 4 nitrogen and oxygen atoms in total. The maximum atomic E-state index is 7.05. The van der Waals surface area contributed by atoms with Gasteiger partial charge in [0, 0.05) is 19.8 Å². The maximum Gasteiger partial charge on any atom is 0.192 e. The molecule has 3 heterocycles. The van der Waals surface area contributed by atoms with Crippen LogP contribution in [0.25, 0.3) is 0 Å². The standard InChI is InChI=1S/C21H38O4Si/c1-18(2,3)26(4,5)25-17-9-13-19(10-6-14-22-19)21(12-8-16-24-21)20(17)11-7-15-23-20/h17H,6-16H2,1-5H3/t17-,19-,20-,21+/m1/s1. The van der Waals surface area contributed by atoms with Crippen LogP contribution in [0.2, 0.25) is 18.1 Å². The van der Waals surface area contributed by atoms with E-state index in [1.54, 1.807) is 0 Å². The van der Waals surface area contributed by atoms with Gasteiger partial charge in [0.15, 0.2) is 8.32 Å². The molecule has 150 valence electrons. The van der Waals surface area contributed by atoms with Gasteiger partial charge in [-0.2, -0.15) is 0 Å². The largest absolute Gasteiger partial charge is 0.411 e. The molecular weight excluding hydrogens is 344 g/mol. The average Bonchev–Trinajstić information content (AvgIpc) is 3.28. The Balaban J connectivity index is 1.74. The lowest BCUT2D eigenvalue weighted by atomic mass is 9.58. The Morgan fingerprint density at radius 1 is 0.846 bits per heavy atom. The zero-order valence-electron chi connectivity index (χ0n) is 17.5. The summed E-state index contributed by atoms with van der Waals surface area (Å²) in [6.45, 7) is 14.3. The van der Waals surface area contributed by atoms with Crippen LogP contribution < -0.4 is 0 Å². The third-order valence-corrected chi connectivity index (χ3v) is 12.7. The van der Waals surface area contributed by atoms with Gasteiger partial charge in [-0.15, -0.1) is 0 Å². The minimum absolute atomic E-state index is 0.138. The topological polar surface area (TPSA) is 36.9 Å². The first-order chi connectivity index (χ1) is 12.2. The smallest absolute Gasteiger partial charge is 0.192 e. The lowest BCUT2D eigenvalue weighted by Crippen LogP contribution is -2.75. The van der Waals surface area contributed by atoms with Crippen LogP contribution in [0.5, 0.6) is 0 Å². The Morgan fingerprint density at radius 3 is 2.04 bits per heavy atom. The van der Waals surface area contributed by atoms with Crippen molar-refractivity contribution < 1.29 is 18.6 Å². The normalized spacial score (nSPS) is 44.0. The molecule has 3 aliphatic heterocycles. The Hall–Kier alpha value is 0.0569. The fraction of sp³-hybridized carbons (Fsp3) is 1.00. The molecule has 3 saturated heterocycles. The van der Waals surface area contributed by atoms with E-state index in [1.165, 1.54) is 0 Å². The summed E-state index contributed by atoms with van der Waals surface area (Å²) in [4.78, 5) is 0. The molecule has 0 N–H and O–H groups in total. The van der Waals surface area contributed by atoms with Crippen LogP contribution in [-0.2, 0) is 18.6 Å². The molecule has 4 atom stereocenters. The Kier molecular flexibility index (Phi) is 4.68. The molecule has 3 spiro atoms. The van der Waals surface area contributed by atoms with E-state index in [9.17, 15) is 0 Å². The highest BCUT2D eigenvalue weighted by Crippen LogP contribution is 2.62. The summed E-state index contributed by atoms with van der Waals surface area (Å²) in [7, 11) is -1.88. The highest BCUT2D eigenvalue weighted by atomic mass is 28.4. The highest BCUT2D eigenvalue weighted by molar-refractivity contribution is 6.74. The van der Waals surface area contributed by atoms with Crippen LogP contribution in [0.15, 0.2) is 0 Å². The highest BCUT2D eigenvalue weighted by Gasteiger charge is 2.73. The van der Waals surface area contributed by atoms with Crippen LogP contribution in [0.4, 0.5) is 0 Å². The molecule has 1 saturated carbocycles. The van der Waals surface area contributed by atoms with Crippen molar-refractivity contribution in [2.24, 2.45) is 0 Å². The second-order valence-corrected chi connectivity index (χ2v) is 15.2. The second kappa shape index (κ2) is 6.28. The van der Waals surface area contributed by atoms with Crippen LogP contribution in [-0.4, -0.2) is 51.0 Å². The lowest BCUT2D eigenvalue weighted by Gasteiger charge is -2.61. The first kappa shape index (κ1) is 19.4. The van der Waals surface area contributed by atoms with Gasteiger partial charge in [0.05, 0.1) is 6.10 Å². The summed E-state index contributed by atoms with van der Waals surface area (Å²) in [5.41, 5.74) is -0.777. The van der Waals surface area contributed by atoms with Gasteiger partial charge >= 0.3 is 0 Å². The molecule has 5 heteroatoms. The number of rotatable bonds is 2. The van der Waals surface area contributed by atoms with E-state index in [1.807, 2.05) is 0 Å². The van der Waals surface area contributed by atoms with Gasteiger partial charge in [-0.3, -0.25) is 0 Å². The Labute approximate surface area is 160 Å². The van der Waals surface area contributed by atoms with E-state index >= 15 is 0 Å². The molecule has 4 fully saturated rings. The van der Waals surface area contributed by atoms with E-state index < -0.39 is 8.32 Å². The number of hydrogen-bond acceptors (Lipinski definition) is 4. The van der Waals surface area contributed by atoms with Gasteiger partial charge in [-0.05, 0) is 69.5 Å². The molecule has 0 bridgehead atoms. The predicted octanol–water partition coefficient (Wildman–Crippen LogP) is 4.82. The summed E-state index contributed by atoms with van der Waals surface area (Å²) < 4.78 is 26.9. The third kappa shape index (κ3) is 2.53. The van der Waals surface area contributed by atoms with Crippen molar-refractivity contribution in [3.05, 3.63) is 0 Å². The van der Waals surface area contributed by atoms with Gasteiger partial charge < -0.3 is 18.6 Å². The van der Waals surface area contributed by atoms with E-state index in [0.29, 0.717) is 0 Å². The minimum Gasteiger partial charge on any atom is -0.411 e. The summed E-state index contributed by atoms with van der Waals surface area (Å²) in [6.07, 6.45) is 8.83. The van der Waals surface area contributed by atoms with Crippen molar-refractivity contribution in [2.45, 2.75) is 113 Å². The van der Waals surface area contributed by atoms with E-state index in [2.05, 4.69) is 33.9 Å². The van der Waals surface area contributed by atoms with Crippen molar-refractivity contribution >= 4 is 8.32 Å². The molecule has 4 aliphatic rings. The molecule has 0 radical (unpaired) electrons. The minimum atomic E-state index is -1.88. The van der Waals surface area contributed by atoms with Crippen molar-refractivity contribution in [1.82, 2.24) is 0 Å². The molecule has 0 unspecified atom stereocenters. The fourth-order valence-electron chi connectivity index (χ4n) is 5.91. The van der Waals surface area contributed by atoms with Gasteiger partial charge in [0.1, 0.15) is 16.8 Å². The fourth-order valence-corrected chi connectivity index (χ4v) is 7.28. The summed E-state index contributed by atoms with van der Waals surface area (Å²) in [5.74, 6) is 0. The summed E-state index contributed by atoms with van der Waals surface area (Å²) in [5, 5.41) is 0.204. The molecule has 4 rings (SSSR count). The van der Waals surface area contributed by atoms with Gasteiger partial charge in [-0.1, -0.05) is 20.8 Å². The summed E-state index contributed by atoms with van der Waals surface area (Å²) >= 11 is 0. The van der Waals surface area contributed by atoms with Crippen LogP contribution in [0.1, 0.15) is 72.1 Å². The van der Waals surface area contributed by atoms with E-state index in [4.69, 9.17) is 18.6 Å². The van der Waals surface area contributed by atoms with Crippen LogP contribution >= 0.6 is 0 Å². The average molecular weight is 383 g/mol. The summed E-state index contributed by atoms with van der Waals surface area (Å²) in [6, 6.07) is 0. The van der Waals surface area contributed by atoms with Gasteiger partial charge in [0.25, 0.3) is 0 Å². The quantitative estimate of drug-likeness (QED) is 0.642. The van der Waals surface area contributed by atoms with E-state index in [-0.39, 0.29) is 27.9 Å². The SMILES string of the molecule is CC(C)(C)[Si](C)(C)O[C@@H]1CC[C@]2(CCCO2)[C@@]2(CCCO2)[C@@]12CCCO2. The number of hydrogen-bond donors (Lipinski definition) is 0. The van der Waals surface area contributed by atoms with Crippen molar-refractivity contribution in [1.29, 1.82) is 0 Å². The molecule has 0 amide bonds. The Morgan fingerprint density at radius 2 is 1.50 bits per heavy atom. The van der Waals surface area contributed by atoms with Crippen LogP contribution in [0, 0.1) is 0 Å². The van der Waals surface area contributed by atoms with Crippen LogP contribution in [0.3, 0.4) is 0 Å². The third-order valence-electron chi connectivity index (χ3n) is 8.17. The predicted molar refractivity (Wildman–Crippen MR) is 105 cm³/mol. The first-order valence-electron chi connectivity index (χ1n) is 10.8. The monoisotopic (exact) mass is 382 g/mol. The molecular formula is C21H38O4Si. The van der Waals surface area contributed by atoms with E-state index in [0.717, 1.165) is 71.2 Å². The van der Waals surface area contributed by atoms with Crippen molar-refractivity contribution in [2.75, 3.05) is 19.8 Å². The number of fused-ring (bicyclic) bond motifs is 2. The zero-order chi connectivity index (χ0) is 18.7. The van der Waals surface area contributed by atoms with Gasteiger partial charge in [-0.25, -0.2) is 0 Å². The Bertz CT molecular complexity index is 521. The second-order valence-electron chi connectivity index (χ2n) is 10.5. The maximum absolute atomic E-state index is 7.05. The first-order valence-corrected chi connectivity index (χ1v) is 13.7. The molecule has 0 aromatic heterocycles. The number of ether oxygens (including phenoxy) is 3. The van der Waals surface area contributed by atoms with Gasteiger partial charge in [0.2, 0.25) is 0 Å². The van der Waals surface area contributed by atoms with Crippen molar-refractivity contribution in [3.8, 4) is 0 Å². The zero-order valence-corrected chi connectivity index (χ0v) is 18.5. The molecule has 0 aromatic carbocycles. The molecule has 26 heavy (non-hydrogen) atoms. The molecule has 1 aliphatic carbocycles. The van der Waals surface area contributed by atoms with Crippen molar-refractivity contribution in [3.63, 3.8) is 0 Å².